The Kier molecular flexibility index (Phi) is 4.21. The average molecular weight is 363 g/mol. The van der Waals surface area contributed by atoms with Crippen molar-refractivity contribution in [2.75, 3.05) is 7.11 Å². The first-order valence-corrected chi connectivity index (χ1v) is 8.26. The Labute approximate surface area is 155 Å². The summed E-state index contributed by atoms with van der Waals surface area (Å²) < 4.78 is 6.89. The minimum atomic E-state index is -0.653. The Morgan fingerprint density at radius 2 is 1.89 bits per heavy atom. The van der Waals surface area contributed by atoms with Crippen LogP contribution in [0, 0.1) is 0 Å². The molecule has 0 saturated carbocycles. The van der Waals surface area contributed by atoms with Crippen LogP contribution in [0.15, 0.2) is 43.3 Å². The van der Waals surface area contributed by atoms with E-state index in [9.17, 15) is 4.79 Å². The monoisotopic (exact) mass is 363 g/mol. The maximum absolute atomic E-state index is 11.8. The van der Waals surface area contributed by atoms with Gasteiger partial charge in [-0.3, -0.25) is 4.79 Å². The zero-order chi connectivity index (χ0) is 18.9. The number of hydrogen-bond donors (Lipinski definition) is 1. The Bertz CT molecular complexity index is 960. The molecule has 0 atom stereocenters. The zero-order valence-electron chi connectivity index (χ0n) is 14.6. The van der Waals surface area contributed by atoms with Crippen LogP contribution < -0.4 is 5.73 Å². The van der Waals surface area contributed by atoms with Crippen molar-refractivity contribution < 1.29 is 9.53 Å². The molecule has 0 radical (unpaired) electrons. The summed E-state index contributed by atoms with van der Waals surface area (Å²) in [7, 11) is 1.57. The predicted octanol–water partition coefficient (Wildman–Crippen LogP) is 0.721. The maximum Gasteiger partial charge on any atom is 0.269 e. The van der Waals surface area contributed by atoms with Gasteiger partial charge in [0, 0.05) is 31.5 Å². The number of ether oxygens (including phenoxy) is 1. The Morgan fingerprint density at radius 1 is 1.22 bits per heavy atom. The number of carbonyl (C=O) groups is 1. The molecule has 3 aromatic heterocycles. The van der Waals surface area contributed by atoms with Crippen LogP contribution in [0.5, 0.6) is 0 Å². The zero-order valence-corrected chi connectivity index (χ0v) is 14.6. The van der Waals surface area contributed by atoms with Crippen molar-refractivity contribution >= 4 is 12.0 Å². The van der Waals surface area contributed by atoms with Crippen molar-refractivity contribution in [3.8, 4) is 0 Å². The number of methoxy groups -OCH3 is 1. The number of aromatic nitrogens is 6. The molecule has 1 aliphatic rings. The van der Waals surface area contributed by atoms with E-state index in [-0.39, 0.29) is 12.4 Å². The highest BCUT2D eigenvalue weighted by Gasteiger charge is 2.40. The molecule has 1 amide bonds. The van der Waals surface area contributed by atoms with Crippen LogP contribution in [-0.2, 0) is 23.3 Å². The topological polar surface area (TPSA) is 122 Å². The summed E-state index contributed by atoms with van der Waals surface area (Å²) in [6.07, 6.45) is 10.7. The Balaban J connectivity index is 1.93. The first kappa shape index (κ1) is 17.0. The van der Waals surface area contributed by atoms with Gasteiger partial charge in [-0.05, 0) is 12.1 Å². The molecule has 1 aliphatic carbocycles. The van der Waals surface area contributed by atoms with Gasteiger partial charge in [0.05, 0.1) is 22.5 Å². The summed E-state index contributed by atoms with van der Waals surface area (Å²) in [4.78, 5) is 28.8. The van der Waals surface area contributed by atoms with E-state index < -0.39 is 11.3 Å². The van der Waals surface area contributed by atoms with Crippen LogP contribution in [0.25, 0.3) is 6.08 Å². The van der Waals surface area contributed by atoms with Gasteiger partial charge in [0.1, 0.15) is 19.4 Å². The van der Waals surface area contributed by atoms with Gasteiger partial charge in [0.15, 0.2) is 5.69 Å². The van der Waals surface area contributed by atoms with E-state index in [0.717, 1.165) is 17.1 Å². The van der Waals surface area contributed by atoms with E-state index in [1.165, 1.54) is 12.7 Å². The van der Waals surface area contributed by atoms with E-state index >= 15 is 0 Å². The normalized spacial score (nSPS) is 14.7. The van der Waals surface area contributed by atoms with Crippen molar-refractivity contribution in [2.45, 2.75) is 18.6 Å². The number of primary amides is 1. The van der Waals surface area contributed by atoms with E-state index in [0.29, 0.717) is 12.0 Å². The van der Waals surface area contributed by atoms with Crippen LogP contribution >= 0.6 is 0 Å². The number of nitrogens with two attached hydrogens (primary N) is 1. The van der Waals surface area contributed by atoms with Crippen LogP contribution in [0.2, 0.25) is 0 Å². The van der Waals surface area contributed by atoms with Crippen molar-refractivity contribution in [3.63, 3.8) is 0 Å². The number of allylic oxidation sites excluding steroid dienone is 1. The first-order chi connectivity index (χ1) is 13.2. The van der Waals surface area contributed by atoms with Crippen LogP contribution in [0.1, 0.15) is 33.1 Å². The lowest BCUT2D eigenvalue weighted by Gasteiger charge is -2.32. The van der Waals surface area contributed by atoms with Gasteiger partial charge in [0.2, 0.25) is 0 Å². The highest BCUT2D eigenvalue weighted by atomic mass is 16.5. The highest BCUT2D eigenvalue weighted by Crippen LogP contribution is 2.40. The molecule has 27 heavy (non-hydrogen) atoms. The molecular weight excluding hydrogens is 346 g/mol. The third-order valence-electron chi connectivity index (χ3n) is 4.64. The standard InChI is InChI=1S/C18H17N7O2/c1-27-11-25-13-8-18(14-3-6-20-9-22-14,15-4-7-21-10-23-15)5-2-12(13)16(24-25)17(19)26/h2-7,9-10H,8,11H2,1H3,(H2,19,26). The van der Waals surface area contributed by atoms with E-state index in [1.807, 2.05) is 24.3 Å². The fraction of sp³-hybridized carbons (Fsp3) is 0.222. The van der Waals surface area contributed by atoms with Crippen LogP contribution in [0.3, 0.4) is 0 Å². The molecule has 0 fully saturated rings. The lowest BCUT2D eigenvalue weighted by molar-refractivity contribution is 0.0985. The smallest absolute Gasteiger partial charge is 0.269 e. The second-order valence-electron chi connectivity index (χ2n) is 6.16. The lowest BCUT2D eigenvalue weighted by Crippen LogP contribution is -2.33. The molecule has 0 saturated heterocycles. The molecule has 4 rings (SSSR count). The number of fused-ring (bicyclic) bond motifs is 1. The molecule has 2 N–H and O–H groups in total. The Hall–Kier alpha value is -3.46. The largest absolute Gasteiger partial charge is 0.364 e. The molecule has 9 nitrogen and oxygen atoms in total. The summed E-state index contributed by atoms with van der Waals surface area (Å²) in [5, 5.41) is 4.33. The minimum Gasteiger partial charge on any atom is -0.364 e. The number of hydrogen-bond acceptors (Lipinski definition) is 7. The molecular formula is C18H17N7O2. The van der Waals surface area contributed by atoms with Gasteiger partial charge in [-0.15, -0.1) is 0 Å². The predicted molar refractivity (Wildman–Crippen MR) is 95.3 cm³/mol. The fourth-order valence-electron chi connectivity index (χ4n) is 3.42. The summed E-state index contributed by atoms with van der Waals surface area (Å²) in [5.41, 5.74) is 8.15. The van der Waals surface area contributed by atoms with Crippen LogP contribution in [-0.4, -0.2) is 42.7 Å². The average Bonchev–Trinajstić information content (AvgIpc) is 3.07. The van der Waals surface area contributed by atoms with Gasteiger partial charge in [-0.25, -0.2) is 24.6 Å². The maximum atomic E-state index is 11.8. The highest BCUT2D eigenvalue weighted by molar-refractivity contribution is 5.95. The second kappa shape index (κ2) is 6.69. The quantitative estimate of drug-likeness (QED) is 0.709. The van der Waals surface area contributed by atoms with Gasteiger partial charge >= 0.3 is 0 Å². The number of amides is 1. The fourth-order valence-corrected chi connectivity index (χ4v) is 3.42. The number of nitrogens with zero attached hydrogens (tertiary/aromatic N) is 6. The molecule has 0 bridgehead atoms. The van der Waals surface area contributed by atoms with Gasteiger partial charge in [-0.1, -0.05) is 12.2 Å². The van der Waals surface area contributed by atoms with E-state index in [4.69, 9.17) is 10.5 Å². The molecule has 9 heteroatoms. The van der Waals surface area contributed by atoms with Crippen molar-refractivity contribution in [2.24, 2.45) is 5.73 Å². The summed E-state index contributed by atoms with van der Waals surface area (Å²) in [6.45, 7) is 0.201. The molecule has 136 valence electrons. The van der Waals surface area contributed by atoms with Crippen molar-refractivity contribution in [3.05, 3.63) is 71.6 Å². The van der Waals surface area contributed by atoms with Gasteiger partial charge in [0.25, 0.3) is 5.91 Å². The van der Waals surface area contributed by atoms with E-state index in [2.05, 4.69) is 25.0 Å². The molecule has 0 spiro atoms. The SMILES string of the molecule is COCn1nc(C(N)=O)c2c1CC(c1ccncn1)(c1ccncn1)C=C2. The van der Waals surface area contributed by atoms with Crippen molar-refractivity contribution in [1.82, 2.24) is 29.7 Å². The number of carbonyl (C=O) groups excluding carboxylic acids is 1. The molecule has 3 heterocycles. The molecule has 3 aromatic rings. The molecule has 0 aromatic carbocycles. The summed E-state index contributed by atoms with van der Waals surface area (Å²) in [6, 6.07) is 3.70. The lowest BCUT2D eigenvalue weighted by atomic mass is 9.72. The summed E-state index contributed by atoms with van der Waals surface area (Å²) in [5.74, 6) is -0.581. The Morgan fingerprint density at radius 3 is 2.41 bits per heavy atom. The number of rotatable bonds is 5. The molecule has 0 aliphatic heterocycles. The third-order valence-corrected chi connectivity index (χ3v) is 4.64. The molecule has 0 unspecified atom stereocenters. The second-order valence-corrected chi connectivity index (χ2v) is 6.16. The van der Waals surface area contributed by atoms with E-state index in [1.54, 1.807) is 24.2 Å². The third kappa shape index (κ3) is 2.77. The first-order valence-electron chi connectivity index (χ1n) is 8.26. The van der Waals surface area contributed by atoms with Crippen LogP contribution in [0.4, 0.5) is 0 Å². The minimum absolute atomic E-state index is 0.201. The van der Waals surface area contributed by atoms with Crippen molar-refractivity contribution in [1.29, 1.82) is 0 Å². The summed E-state index contributed by atoms with van der Waals surface area (Å²) >= 11 is 0. The van der Waals surface area contributed by atoms with Gasteiger partial charge in [-0.2, -0.15) is 5.10 Å². The van der Waals surface area contributed by atoms with Gasteiger partial charge < -0.3 is 10.5 Å².